The highest BCUT2D eigenvalue weighted by molar-refractivity contribution is 9.10. The van der Waals surface area contributed by atoms with Crippen LogP contribution in [0.3, 0.4) is 0 Å². The third-order valence-corrected chi connectivity index (χ3v) is 2.60. The Bertz CT molecular complexity index is 328. The van der Waals surface area contributed by atoms with Crippen LogP contribution in [0, 0.1) is 11.3 Å². The molecule has 0 bridgehead atoms. The van der Waals surface area contributed by atoms with Crippen LogP contribution < -0.4 is 5.73 Å². The maximum absolute atomic E-state index is 8.69. The molecule has 0 amide bonds. The Labute approximate surface area is 86.5 Å². The summed E-state index contributed by atoms with van der Waals surface area (Å²) in [5.74, 6) is 0. The maximum Gasteiger partial charge on any atom is 0.0991 e. The number of benzene rings is 1. The molecule has 0 unspecified atom stereocenters. The molecule has 0 aliphatic heterocycles. The van der Waals surface area contributed by atoms with Crippen molar-refractivity contribution in [2.24, 2.45) is 5.73 Å². The molecule has 0 radical (unpaired) electrons. The average Bonchev–Trinajstić information content (AvgIpc) is 2.17. The highest BCUT2D eigenvalue weighted by Gasteiger charge is 2.00. The molecule has 0 heterocycles. The molecule has 1 aromatic rings. The summed E-state index contributed by atoms with van der Waals surface area (Å²) in [5.41, 5.74) is 7.28. The number of nitrogens with two attached hydrogens (primary N) is 1. The minimum absolute atomic E-state index is 0.684. The number of hydrogen-bond donors (Lipinski definition) is 1. The highest BCUT2D eigenvalue weighted by atomic mass is 79.9. The van der Waals surface area contributed by atoms with Gasteiger partial charge in [0.25, 0.3) is 0 Å². The predicted molar refractivity (Wildman–Crippen MR) is 56.2 cm³/mol. The second kappa shape index (κ2) is 5.00. The average molecular weight is 239 g/mol. The summed E-state index contributed by atoms with van der Waals surface area (Å²) >= 11 is 3.44. The number of nitriles is 1. The van der Waals surface area contributed by atoms with Gasteiger partial charge in [-0.15, -0.1) is 0 Å². The molecule has 0 saturated carbocycles. The Morgan fingerprint density at radius 2 is 2.23 bits per heavy atom. The lowest BCUT2D eigenvalue weighted by Gasteiger charge is -2.03. The molecular weight excluding hydrogens is 228 g/mol. The topological polar surface area (TPSA) is 49.8 Å². The van der Waals surface area contributed by atoms with Crippen molar-refractivity contribution in [2.75, 3.05) is 6.54 Å². The standard InChI is InChI=1S/C10H11BrN2/c11-10-4-3-8(7-13)6-9(10)2-1-5-12/h3-4,6H,1-2,5,12H2. The van der Waals surface area contributed by atoms with E-state index in [-0.39, 0.29) is 0 Å². The zero-order valence-electron chi connectivity index (χ0n) is 7.26. The Morgan fingerprint density at radius 3 is 2.85 bits per heavy atom. The van der Waals surface area contributed by atoms with E-state index in [1.165, 1.54) is 0 Å². The molecule has 0 aliphatic carbocycles. The third kappa shape index (κ3) is 2.83. The van der Waals surface area contributed by atoms with E-state index < -0.39 is 0 Å². The van der Waals surface area contributed by atoms with Crippen LogP contribution >= 0.6 is 15.9 Å². The van der Waals surface area contributed by atoms with Crippen molar-refractivity contribution in [1.82, 2.24) is 0 Å². The van der Waals surface area contributed by atoms with E-state index >= 15 is 0 Å². The van der Waals surface area contributed by atoms with Gasteiger partial charge in [0.05, 0.1) is 11.6 Å². The van der Waals surface area contributed by atoms with Gasteiger partial charge in [0.15, 0.2) is 0 Å². The molecule has 3 heteroatoms. The zero-order chi connectivity index (χ0) is 9.68. The summed E-state index contributed by atoms with van der Waals surface area (Å²) < 4.78 is 1.06. The van der Waals surface area contributed by atoms with Gasteiger partial charge in [-0.3, -0.25) is 0 Å². The van der Waals surface area contributed by atoms with Gasteiger partial charge in [-0.25, -0.2) is 0 Å². The molecule has 0 saturated heterocycles. The van der Waals surface area contributed by atoms with Crippen molar-refractivity contribution in [3.05, 3.63) is 33.8 Å². The van der Waals surface area contributed by atoms with Gasteiger partial charge >= 0.3 is 0 Å². The van der Waals surface area contributed by atoms with Gasteiger partial charge in [-0.2, -0.15) is 5.26 Å². The summed E-state index contributed by atoms with van der Waals surface area (Å²) in [4.78, 5) is 0. The third-order valence-electron chi connectivity index (χ3n) is 1.83. The monoisotopic (exact) mass is 238 g/mol. The van der Waals surface area contributed by atoms with Gasteiger partial charge in [-0.1, -0.05) is 15.9 Å². The van der Waals surface area contributed by atoms with Gasteiger partial charge in [-0.05, 0) is 43.1 Å². The molecular formula is C10H11BrN2. The van der Waals surface area contributed by atoms with Crippen molar-refractivity contribution < 1.29 is 0 Å². The molecule has 0 spiro atoms. The lowest BCUT2D eigenvalue weighted by Crippen LogP contribution is -2.00. The summed E-state index contributed by atoms with van der Waals surface area (Å²) in [6.45, 7) is 0.684. The van der Waals surface area contributed by atoms with Crippen LogP contribution in [0.1, 0.15) is 17.5 Å². The first-order valence-corrected chi connectivity index (χ1v) is 4.96. The number of aryl methyl sites for hydroxylation is 1. The largest absolute Gasteiger partial charge is 0.330 e. The number of halogens is 1. The van der Waals surface area contributed by atoms with Crippen molar-refractivity contribution in [2.45, 2.75) is 12.8 Å². The van der Waals surface area contributed by atoms with Crippen molar-refractivity contribution >= 4 is 15.9 Å². The van der Waals surface area contributed by atoms with Gasteiger partial charge in [0.1, 0.15) is 0 Å². The minimum Gasteiger partial charge on any atom is -0.330 e. The number of hydrogen-bond acceptors (Lipinski definition) is 2. The van der Waals surface area contributed by atoms with Gasteiger partial charge in [0.2, 0.25) is 0 Å². The molecule has 68 valence electrons. The van der Waals surface area contributed by atoms with Crippen LogP contribution in [0.15, 0.2) is 22.7 Å². The smallest absolute Gasteiger partial charge is 0.0991 e. The van der Waals surface area contributed by atoms with Crippen LogP contribution in [0.25, 0.3) is 0 Å². The van der Waals surface area contributed by atoms with E-state index in [1.54, 1.807) is 6.07 Å². The van der Waals surface area contributed by atoms with Crippen LogP contribution in [0.5, 0.6) is 0 Å². The molecule has 0 atom stereocenters. The van der Waals surface area contributed by atoms with Crippen LogP contribution in [-0.2, 0) is 6.42 Å². The molecule has 2 N–H and O–H groups in total. The Balaban J connectivity index is 2.85. The van der Waals surface area contributed by atoms with E-state index in [4.69, 9.17) is 11.0 Å². The van der Waals surface area contributed by atoms with Crippen LogP contribution in [0.4, 0.5) is 0 Å². The number of rotatable bonds is 3. The summed E-state index contributed by atoms with van der Waals surface area (Å²) in [6.07, 6.45) is 1.88. The molecule has 2 nitrogen and oxygen atoms in total. The van der Waals surface area contributed by atoms with Crippen molar-refractivity contribution in [1.29, 1.82) is 5.26 Å². The molecule has 0 fully saturated rings. The molecule has 13 heavy (non-hydrogen) atoms. The first-order valence-electron chi connectivity index (χ1n) is 4.16. The Hall–Kier alpha value is -0.850. The molecule has 1 aromatic carbocycles. The predicted octanol–water partition coefficient (Wildman–Crippen LogP) is 2.21. The fourth-order valence-corrected chi connectivity index (χ4v) is 1.57. The van der Waals surface area contributed by atoms with E-state index in [1.807, 2.05) is 12.1 Å². The second-order valence-electron chi connectivity index (χ2n) is 2.81. The summed E-state index contributed by atoms with van der Waals surface area (Å²) in [5, 5.41) is 8.69. The lowest BCUT2D eigenvalue weighted by atomic mass is 10.1. The zero-order valence-corrected chi connectivity index (χ0v) is 8.84. The number of nitrogens with zero attached hydrogens (tertiary/aromatic N) is 1. The van der Waals surface area contributed by atoms with E-state index in [2.05, 4.69) is 22.0 Å². The minimum atomic E-state index is 0.684. The van der Waals surface area contributed by atoms with Gasteiger partial charge < -0.3 is 5.73 Å². The van der Waals surface area contributed by atoms with E-state index in [9.17, 15) is 0 Å². The van der Waals surface area contributed by atoms with E-state index in [0.29, 0.717) is 12.1 Å². The summed E-state index contributed by atoms with van der Waals surface area (Å²) in [7, 11) is 0. The SMILES string of the molecule is N#Cc1ccc(Br)c(CCCN)c1. The fraction of sp³-hybridized carbons (Fsp3) is 0.300. The first-order chi connectivity index (χ1) is 6.27. The van der Waals surface area contributed by atoms with Crippen molar-refractivity contribution in [3.8, 4) is 6.07 Å². The maximum atomic E-state index is 8.69. The normalized spacial score (nSPS) is 9.62. The quantitative estimate of drug-likeness (QED) is 0.879. The molecule has 1 rings (SSSR count). The lowest BCUT2D eigenvalue weighted by molar-refractivity contribution is 0.829. The first kappa shape index (κ1) is 10.2. The van der Waals surface area contributed by atoms with Crippen LogP contribution in [0.2, 0.25) is 0 Å². The van der Waals surface area contributed by atoms with Crippen LogP contribution in [-0.4, -0.2) is 6.54 Å². The molecule has 0 aromatic heterocycles. The highest BCUT2D eigenvalue weighted by Crippen LogP contribution is 2.19. The second-order valence-corrected chi connectivity index (χ2v) is 3.66. The fourth-order valence-electron chi connectivity index (χ4n) is 1.13. The Kier molecular flexibility index (Phi) is 3.94. The summed E-state index contributed by atoms with van der Waals surface area (Å²) in [6, 6.07) is 7.73. The Morgan fingerprint density at radius 1 is 1.46 bits per heavy atom. The van der Waals surface area contributed by atoms with Gasteiger partial charge in [0, 0.05) is 4.47 Å². The van der Waals surface area contributed by atoms with Crippen molar-refractivity contribution in [3.63, 3.8) is 0 Å². The van der Waals surface area contributed by atoms with E-state index in [0.717, 1.165) is 22.9 Å². The molecule has 0 aliphatic rings.